The Morgan fingerprint density at radius 2 is 1.78 bits per heavy atom. The number of halogens is 3. The average molecular weight is 347 g/mol. The fraction of sp³-hybridized carbons (Fsp3) is 0.733. The molecule has 128 valence electrons. The average Bonchev–Trinajstić information content (AvgIpc) is 2.73. The molecule has 1 aliphatic heterocycles. The van der Waals surface area contributed by atoms with E-state index in [2.05, 4.69) is 10.1 Å². The monoisotopic (exact) mass is 347 g/mol. The van der Waals surface area contributed by atoms with Gasteiger partial charge in [-0.3, -0.25) is 14.6 Å². The van der Waals surface area contributed by atoms with Crippen LogP contribution >= 0.6 is 11.8 Å². The molecular formula is C15H20F3N3OS. The minimum atomic E-state index is -4.46. The highest BCUT2D eigenvalue weighted by molar-refractivity contribution is 8.14. The number of hydrogen-bond donors (Lipinski definition) is 1. The number of aliphatic imine (C=N–C) groups is 1. The number of aromatic nitrogens is 2. The van der Waals surface area contributed by atoms with Crippen LogP contribution in [-0.2, 0) is 0 Å². The molecule has 3 rings (SSSR count). The predicted octanol–water partition coefficient (Wildman–Crippen LogP) is 4.86. The van der Waals surface area contributed by atoms with E-state index in [1.165, 1.54) is 6.42 Å². The van der Waals surface area contributed by atoms with Gasteiger partial charge in [0.1, 0.15) is 5.25 Å². The lowest BCUT2D eigenvalue weighted by Crippen LogP contribution is -2.25. The highest BCUT2D eigenvalue weighted by Gasteiger charge is 2.47. The lowest BCUT2D eigenvalue weighted by Gasteiger charge is -2.25. The number of nitrogens with one attached hydrogen (secondary N) is 1. The number of hydrogen-bond acceptors (Lipinski definition) is 3. The molecule has 1 saturated carbocycles. The van der Waals surface area contributed by atoms with E-state index < -0.39 is 17.0 Å². The van der Waals surface area contributed by atoms with Gasteiger partial charge in [-0.25, -0.2) is 4.99 Å². The fourth-order valence-corrected chi connectivity index (χ4v) is 4.34. The maximum Gasteiger partial charge on any atom is 0.405 e. The molecule has 23 heavy (non-hydrogen) atoms. The van der Waals surface area contributed by atoms with Crippen molar-refractivity contribution < 1.29 is 13.2 Å². The van der Waals surface area contributed by atoms with Crippen molar-refractivity contribution in [2.75, 3.05) is 0 Å². The van der Waals surface area contributed by atoms with Gasteiger partial charge in [-0.2, -0.15) is 13.2 Å². The highest BCUT2D eigenvalue weighted by atomic mass is 32.2. The van der Waals surface area contributed by atoms with Gasteiger partial charge in [-0.1, -0.05) is 43.9 Å². The number of thioether (sulfide) groups is 1. The Kier molecular flexibility index (Phi) is 4.62. The van der Waals surface area contributed by atoms with Gasteiger partial charge in [0.2, 0.25) is 0 Å². The second-order valence-corrected chi connectivity index (χ2v) is 7.52. The van der Waals surface area contributed by atoms with Gasteiger partial charge in [-0.15, -0.1) is 0 Å². The summed E-state index contributed by atoms with van der Waals surface area (Å²) in [6.07, 6.45) is 2.80. The second-order valence-electron chi connectivity index (χ2n) is 6.22. The number of aromatic amines is 1. The molecule has 1 aromatic rings. The van der Waals surface area contributed by atoms with Crippen molar-refractivity contribution in [3.63, 3.8) is 0 Å². The van der Waals surface area contributed by atoms with E-state index in [-0.39, 0.29) is 17.4 Å². The van der Waals surface area contributed by atoms with Crippen molar-refractivity contribution in [2.45, 2.75) is 69.3 Å². The molecule has 0 aromatic carbocycles. The van der Waals surface area contributed by atoms with Crippen LogP contribution in [0.25, 0.3) is 0 Å². The molecule has 1 atom stereocenters. The van der Waals surface area contributed by atoms with Crippen LogP contribution in [0.2, 0.25) is 0 Å². The van der Waals surface area contributed by atoms with Gasteiger partial charge >= 0.3 is 6.18 Å². The number of H-pyrrole nitrogens is 1. The molecule has 0 spiro atoms. The van der Waals surface area contributed by atoms with Crippen LogP contribution in [0.15, 0.2) is 9.79 Å². The van der Waals surface area contributed by atoms with E-state index in [0.29, 0.717) is 16.8 Å². The normalized spacial score (nSPS) is 23.8. The maximum atomic E-state index is 13.3. The zero-order valence-corrected chi connectivity index (χ0v) is 13.8. The number of fused-ring (bicyclic) bond motifs is 1. The second kappa shape index (κ2) is 6.37. The number of alkyl halides is 3. The summed E-state index contributed by atoms with van der Waals surface area (Å²) in [7, 11) is 0. The summed E-state index contributed by atoms with van der Waals surface area (Å²) < 4.78 is 41.5. The first-order valence-electron chi connectivity index (χ1n) is 8.01. The van der Waals surface area contributed by atoms with Crippen LogP contribution in [0.1, 0.15) is 68.7 Å². The molecule has 0 amide bonds. The van der Waals surface area contributed by atoms with Crippen molar-refractivity contribution in [1.82, 2.24) is 9.78 Å². The van der Waals surface area contributed by atoms with E-state index in [0.717, 1.165) is 38.5 Å². The molecule has 8 heteroatoms. The molecule has 1 N–H and O–H groups in total. The zero-order valence-electron chi connectivity index (χ0n) is 12.9. The van der Waals surface area contributed by atoms with Crippen LogP contribution in [-0.4, -0.2) is 21.0 Å². The van der Waals surface area contributed by atoms with Crippen molar-refractivity contribution >= 4 is 22.6 Å². The van der Waals surface area contributed by atoms with Gasteiger partial charge in [0.05, 0.1) is 16.6 Å². The van der Waals surface area contributed by atoms with Gasteiger partial charge in [0, 0.05) is 0 Å². The first-order valence-corrected chi connectivity index (χ1v) is 8.89. The fourth-order valence-electron chi connectivity index (χ4n) is 3.40. The summed E-state index contributed by atoms with van der Waals surface area (Å²) in [4.78, 5) is 16.5. The van der Waals surface area contributed by atoms with Crippen LogP contribution in [0, 0.1) is 0 Å². The minimum Gasteiger partial charge on any atom is -0.268 e. The molecule has 0 bridgehead atoms. The topological polar surface area (TPSA) is 50.1 Å². The van der Waals surface area contributed by atoms with E-state index in [9.17, 15) is 18.0 Å². The molecule has 0 unspecified atom stereocenters. The van der Waals surface area contributed by atoms with Crippen molar-refractivity contribution in [3.05, 3.63) is 15.9 Å². The molecule has 1 aliphatic carbocycles. The molecular weight excluding hydrogens is 327 g/mol. The standard InChI is InChI=1S/C15H20F3N3OS/c1-9-19-13-11(12(23-9)15(16,17)18)14(22)20-21(13)10-7-5-3-2-4-6-8-10/h10,12H,2-8H2,1H3,(H,20,22)/t12-/m0/s1. The lowest BCUT2D eigenvalue weighted by molar-refractivity contribution is -0.129. The van der Waals surface area contributed by atoms with Crippen molar-refractivity contribution in [2.24, 2.45) is 4.99 Å². The first kappa shape index (κ1) is 16.7. The van der Waals surface area contributed by atoms with E-state index in [4.69, 9.17) is 0 Å². The maximum absolute atomic E-state index is 13.3. The van der Waals surface area contributed by atoms with E-state index in [1.807, 2.05) is 0 Å². The third kappa shape index (κ3) is 3.36. The van der Waals surface area contributed by atoms with Gasteiger partial charge < -0.3 is 0 Å². The predicted molar refractivity (Wildman–Crippen MR) is 85.6 cm³/mol. The summed E-state index contributed by atoms with van der Waals surface area (Å²) in [6.45, 7) is 1.56. The summed E-state index contributed by atoms with van der Waals surface area (Å²) in [5, 5.41) is 1.16. The van der Waals surface area contributed by atoms with Crippen molar-refractivity contribution in [3.8, 4) is 0 Å². The van der Waals surface area contributed by atoms with Crippen LogP contribution in [0.5, 0.6) is 0 Å². The highest BCUT2D eigenvalue weighted by Crippen LogP contribution is 2.49. The summed E-state index contributed by atoms with van der Waals surface area (Å²) in [5.41, 5.74) is -0.900. The number of nitrogens with zero attached hydrogens (tertiary/aromatic N) is 2. The van der Waals surface area contributed by atoms with Crippen LogP contribution < -0.4 is 5.56 Å². The molecule has 4 nitrogen and oxygen atoms in total. The quantitative estimate of drug-likeness (QED) is 0.788. The van der Waals surface area contributed by atoms with Crippen LogP contribution in [0.4, 0.5) is 19.0 Å². The van der Waals surface area contributed by atoms with Gasteiger partial charge in [0.25, 0.3) is 5.56 Å². The van der Waals surface area contributed by atoms with Gasteiger partial charge in [-0.05, 0) is 19.8 Å². The third-order valence-electron chi connectivity index (χ3n) is 4.49. The largest absolute Gasteiger partial charge is 0.405 e. The smallest absolute Gasteiger partial charge is 0.268 e. The molecule has 1 aromatic heterocycles. The Morgan fingerprint density at radius 1 is 1.17 bits per heavy atom. The Balaban J connectivity index is 2.03. The van der Waals surface area contributed by atoms with Crippen LogP contribution in [0.3, 0.4) is 0 Å². The molecule has 0 radical (unpaired) electrons. The van der Waals surface area contributed by atoms with Gasteiger partial charge in [0.15, 0.2) is 5.82 Å². The third-order valence-corrected chi connectivity index (χ3v) is 5.66. The SMILES string of the molecule is CC1=Nc2c(c(=O)[nH]n2C2CCCCCCC2)[C@@H](C(F)(F)F)S1. The molecule has 0 saturated heterocycles. The zero-order chi connectivity index (χ0) is 16.6. The van der Waals surface area contributed by atoms with E-state index >= 15 is 0 Å². The summed E-state index contributed by atoms with van der Waals surface area (Å²) >= 11 is 0.609. The summed E-state index contributed by atoms with van der Waals surface area (Å²) in [6, 6.07) is 0.0280. The molecule has 2 heterocycles. The van der Waals surface area contributed by atoms with E-state index in [1.54, 1.807) is 11.6 Å². The Hall–Kier alpha value is -1.18. The first-order chi connectivity index (χ1) is 10.9. The minimum absolute atomic E-state index is 0.0280. The molecule has 2 aliphatic rings. The Labute approximate surface area is 136 Å². The number of rotatable bonds is 1. The lowest BCUT2D eigenvalue weighted by atomic mass is 9.97. The molecule has 1 fully saturated rings. The Morgan fingerprint density at radius 3 is 2.39 bits per heavy atom. The van der Waals surface area contributed by atoms with Crippen molar-refractivity contribution in [1.29, 1.82) is 0 Å². The Bertz CT molecular complexity index is 654. The summed E-state index contributed by atoms with van der Waals surface area (Å²) in [5.74, 6) is 0.180.